The molecule has 4 heterocycles. The van der Waals surface area contributed by atoms with Gasteiger partial charge < -0.3 is 14.4 Å². The molecule has 1 atom stereocenters. The van der Waals surface area contributed by atoms with Crippen LogP contribution in [0.3, 0.4) is 0 Å². The van der Waals surface area contributed by atoms with Crippen LogP contribution in [0, 0.1) is 5.92 Å². The maximum Gasteiger partial charge on any atom is 0.339 e. The summed E-state index contributed by atoms with van der Waals surface area (Å²) in [5.41, 5.74) is 3.76. The predicted molar refractivity (Wildman–Crippen MR) is 110 cm³/mol. The van der Waals surface area contributed by atoms with Crippen molar-refractivity contribution >= 4 is 27.9 Å². The van der Waals surface area contributed by atoms with E-state index in [0.29, 0.717) is 11.4 Å². The highest BCUT2D eigenvalue weighted by molar-refractivity contribution is 6.12. The van der Waals surface area contributed by atoms with Crippen molar-refractivity contribution in [1.82, 2.24) is 14.5 Å². The number of rotatable bonds is 4. The molecule has 0 aliphatic carbocycles. The fourth-order valence-corrected chi connectivity index (χ4v) is 4.56. The van der Waals surface area contributed by atoms with Gasteiger partial charge in [0.15, 0.2) is 0 Å². The number of carboxylic acid groups (broad SMARTS) is 1. The monoisotopic (exact) mass is 387 g/mol. The first-order chi connectivity index (χ1) is 14.3. The van der Waals surface area contributed by atoms with Crippen molar-refractivity contribution in [2.24, 2.45) is 5.92 Å². The number of ether oxygens (including phenoxy) is 1. The molecule has 0 saturated carbocycles. The van der Waals surface area contributed by atoms with Gasteiger partial charge in [-0.2, -0.15) is 0 Å². The summed E-state index contributed by atoms with van der Waals surface area (Å²) in [7, 11) is 0. The molecule has 4 aromatic rings. The van der Waals surface area contributed by atoms with Gasteiger partial charge in [-0.25, -0.2) is 4.79 Å². The first-order valence-corrected chi connectivity index (χ1v) is 9.84. The van der Waals surface area contributed by atoms with E-state index >= 15 is 0 Å². The molecule has 1 aliphatic rings. The normalized spacial score (nSPS) is 16.3. The number of aromatic nitrogens is 3. The van der Waals surface area contributed by atoms with Crippen molar-refractivity contribution in [2.45, 2.75) is 18.9 Å². The van der Waals surface area contributed by atoms with E-state index in [0.717, 1.165) is 48.0 Å². The summed E-state index contributed by atoms with van der Waals surface area (Å²) in [5.74, 6) is -0.647. The van der Waals surface area contributed by atoms with Crippen LogP contribution < -0.4 is 0 Å². The number of aromatic carboxylic acids is 1. The fourth-order valence-electron chi connectivity index (χ4n) is 4.56. The Morgan fingerprint density at radius 3 is 2.66 bits per heavy atom. The molecule has 0 spiro atoms. The van der Waals surface area contributed by atoms with Gasteiger partial charge in [0.25, 0.3) is 0 Å². The molecule has 6 nitrogen and oxygen atoms in total. The number of pyridine rings is 2. The smallest absolute Gasteiger partial charge is 0.339 e. The molecule has 5 rings (SSSR count). The Hall–Kier alpha value is -3.25. The maximum absolute atomic E-state index is 12.1. The molecular weight excluding hydrogens is 366 g/mol. The third-order valence-corrected chi connectivity index (χ3v) is 5.82. The second-order valence-electron chi connectivity index (χ2n) is 7.43. The largest absolute Gasteiger partial charge is 0.478 e. The average Bonchev–Trinajstić information content (AvgIpc) is 3.10. The summed E-state index contributed by atoms with van der Waals surface area (Å²) in [6.07, 6.45) is 6.75. The van der Waals surface area contributed by atoms with Gasteiger partial charge in [-0.15, -0.1) is 0 Å². The summed E-state index contributed by atoms with van der Waals surface area (Å²) >= 11 is 0. The molecule has 1 aromatic carbocycles. The van der Waals surface area contributed by atoms with Crippen LogP contribution >= 0.6 is 0 Å². The Bertz CT molecular complexity index is 1180. The highest BCUT2D eigenvalue weighted by Crippen LogP contribution is 2.40. The van der Waals surface area contributed by atoms with Gasteiger partial charge in [-0.05, 0) is 36.5 Å². The highest BCUT2D eigenvalue weighted by Gasteiger charge is 2.31. The van der Waals surface area contributed by atoms with E-state index in [1.54, 1.807) is 12.4 Å². The molecule has 0 bridgehead atoms. The van der Waals surface area contributed by atoms with Crippen molar-refractivity contribution < 1.29 is 14.6 Å². The predicted octanol–water partition coefficient (Wildman–Crippen LogP) is 4.30. The number of carboxylic acids is 1. The second-order valence-corrected chi connectivity index (χ2v) is 7.43. The van der Waals surface area contributed by atoms with Crippen molar-refractivity contribution in [3.05, 3.63) is 72.2 Å². The van der Waals surface area contributed by atoms with Crippen molar-refractivity contribution in [1.29, 1.82) is 0 Å². The molecule has 1 saturated heterocycles. The molecule has 1 N–H and O–H groups in total. The SMILES string of the molecule is O=C(O)c1cncc2c3ncccc3n([C@H](c3ccccc3)C3CCOCC3)c12. The van der Waals surface area contributed by atoms with Gasteiger partial charge in [0.05, 0.1) is 22.6 Å². The van der Waals surface area contributed by atoms with Crippen LogP contribution in [0.2, 0.25) is 0 Å². The van der Waals surface area contributed by atoms with Crippen LogP contribution in [0.5, 0.6) is 0 Å². The zero-order valence-corrected chi connectivity index (χ0v) is 15.9. The molecule has 146 valence electrons. The minimum Gasteiger partial charge on any atom is -0.478 e. The quantitative estimate of drug-likeness (QED) is 0.565. The van der Waals surface area contributed by atoms with Crippen molar-refractivity contribution in [3.8, 4) is 0 Å². The first-order valence-electron chi connectivity index (χ1n) is 9.84. The number of benzene rings is 1. The second kappa shape index (κ2) is 7.29. The van der Waals surface area contributed by atoms with Crippen LogP contribution in [0.1, 0.15) is 34.8 Å². The van der Waals surface area contributed by atoms with E-state index < -0.39 is 5.97 Å². The maximum atomic E-state index is 12.1. The van der Waals surface area contributed by atoms with Crippen LogP contribution in [-0.2, 0) is 4.74 Å². The Balaban J connectivity index is 1.87. The summed E-state index contributed by atoms with van der Waals surface area (Å²) in [5, 5.41) is 10.7. The lowest BCUT2D eigenvalue weighted by atomic mass is 9.86. The lowest BCUT2D eigenvalue weighted by Gasteiger charge is -2.33. The zero-order valence-electron chi connectivity index (χ0n) is 15.9. The van der Waals surface area contributed by atoms with Gasteiger partial charge >= 0.3 is 5.97 Å². The van der Waals surface area contributed by atoms with Gasteiger partial charge in [0, 0.05) is 37.2 Å². The minimum absolute atomic E-state index is 0.00944. The van der Waals surface area contributed by atoms with E-state index in [9.17, 15) is 9.90 Å². The number of hydrogen-bond acceptors (Lipinski definition) is 4. The topological polar surface area (TPSA) is 77.2 Å². The molecule has 1 fully saturated rings. The molecule has 0 unspecified atom stereocenters. The average molecular weight is 387 g/mol. The Morgan fingerprint density at radius 2 is 1.90 bits per heavy atom. The zero-order chi connectivity index (χ0) is 19.8. The highest BCUT2D eigenvalue weighted by atomic mass is 16.5. The first kappa shape index (κ1) is 17.8. The van der Waals surface area contributed by atoms with Crippen LogP contribution in [0.15, 0.2) is 61.1 Å². The van der Waals surface area contributed by atoms with E-state index in [1.807, 2.05) is 30.3 Å². The van der Waals surface area contributed by atoms with E-state index in [4.69, 9.17) is 4.74 Å². The third kappa shape index (κ3) is 2.96. The van der Waals surface area contributed by atoms with Gasteiger partial charge in [-0.3, -0.25) is 9.97 Å². The number of hydrogen-bond donors (Lipinski definition) is 1. The van der Waals surface area contributed by atoms with Crippen LogP contribution in [0.4, 0.5) is 0 Å². The number of nitrogens with zero attached hydrogens (tertiary/aromatic N) is 3. The molecule has 0 radical (unpaired) electrons. The summed E-state index contributed by atoms with van der Waals surface area (Å²) in [4.78, 5) is 20.8. The Kier molecular flexibility index (Phi) is 4.48. The lowest BCUT2D eigenvalue weighted by molar-refractivity contribution is 0.0551. The van der Waals surface area contributed by atoms with Crippen LogP contribution in [0.25, 0.3) is 21.9 Å². The Morgan fingerprint density at radius 1 is 1.10 bits per heavy atom. The van der Waals surface area contributed by atoms with Crippen molar-refractivity contribution in [3.63, 3.8) is 0 Å². The molecular formula is C23H21N3O3. The van der Waals surface area contributed by atoms with Gasteiger partial charge in [0.1, 0.15) is 5.56 Å². The summed E-state index contributed by atoms with van der Waals surface area (Å²) in [6.45, 7) is 1.44. The minimum atomic E-state index is -0.981. The summed E-state index contributed by atoms with van der Waals surface area (Å²) in [6, 6.07) is 14.2. The molecule has 29 heavy (non-hydrogen) atoms. The van der Waals surface area contributed by atoms with Gasteiger partial charge in [0.2, 0.25) is 0 Å². The number of carbonyl (C=O) groups is 1. The van der Waals surface area contributed by atoms with E-state index in [2.05, 4.69) is 26.7 Å². The van der Waals surface area contributed by atoms with Crippen LogP contribution in [-0.4, -0.2) is 38.8 Å². The fraction of sp³-hybridized carbons (Fsp3) is 0.261. The molecule has 1 aliphatic heterocycles. The number of fused-ring (bicyclic) bond motifs is 3. The summed E-state index contributed by atoms with van der Waals surface area (Å²) < 4.78 is 7.79. The van der Waals surface area contributed by atoms with E-state index in [1.165, 1.54) is 6.20 Å². The third-order valence-electron chi connectivity index (χ3n) is 5.82. The molecule has 3 aromatic heterocycles. The van der Waals surface area contributed by atoms with Crippen molar-refractivity contribution in [2.75, 3.05) is 13.2 Å². The van der Waals surface area contributed by atoms with E-state index in [-0.39, 0.29) is 11.6 Å². The lowest BCUT2D eigenvalue weighted by Crippen LogP contribution is -2.27. The standard InChI is InChI=1S/C23H21N3O3/c27-23(28)18-14-24-13-17-20-19(7-4-10-25-20)26(22(17)18)21(15-5-2-1-3-6-15)16-8-11-29-12-9-16/h1-7,10,13-14,16,21H,8-9,11-12H2,(H,27,28)/t21-/m1/s1. The molecule has 0 amide bonds. The molecule has 6 heteroatoms. The van der Waals surface area contributed by atoms with Gasteiger partial charge in [-0.1, -0.05) is 30.3 Å². The Labute approximate surface area is 167 Å².